The summed E-state index contributed by atoms with van der Waals surface area (Å²) in [5.74, 6) is -0.291. The molecule has 17 heavy (non-hydrogen) atoms. The van der Waals surface area contributed by atoms with Gasteiger partial charge in [-0.2, -0.15) is 0 Å². The van der Waals surface area contributed by atoms with E-state index in [4.69, 9.17) is 0 Å². The summed E-state index contributed by atoms with van der Waals surface area (Å²) >= 11 is 0. The molecule has 0 saturated carbocycles. The Kier molecular flexibility index (Phi) is 5.10. The first kappa shape index (κ1) is 13.6. The highest BCUT2D eigenvalue weighted by Gasteiger charge is 2.20. The number of anilines is 1. The van der Waals surface area contributed by atoms with Crippen LogP contribution in [0.1, 0.15) is 13.3 Å². The quantitative estimate of drug-likeness (QED) is 0.851. The normalized spacial score (nSPS) is 12.2. The number of nitrogens with zero attached hydrogens (tertiary/aromatic N) is 1. The van der Waals surface area contributed by atoms with Crippen molar-refractivity contribution in [2.24, 2.45) is 5.92 Å². The van der Waals surface area contributed by atoms with E-state index in [-0.39, 0.29) is 17.6 Å². The number of hydrogen-bond acceptors (Lipinski definition) is 2. The van der Waals surface area contributed by atoms with Crippen LogP contribution in [0.2, 0.25) is 0 Å². The number of nitrogens with one attached hydrogen (secondary N) is 1. The molecule has 1 N–H and O–H groups in total. The Balaban J connectivity index is 2.77. The predicted molar refractivity (Wildman–Crippen MR) is 67.5 cm³/mol. The Bertz CT molecular complexity index is 364. The summed E-state index contributed by atoms with van der Waals surface area (Å²) in [5, 5.41) is 3.01. The number of amides is 1. The van der Waals surface area contributed by atoms with Crippen LogP contribution in [0, 0.1) is 11.7 Å². The molecule has 0 saturated heterocycles. The highest BCUT2D eigenvalue weighted by Crippen LogP contribution is 2.16. The maximum Gasteiger partial charge on any atom is 0.231 e. The summed E-state index contributed by atoms with van der Waals surface area (Å²) in [6.45, 7) is 2.64. The van der Waals surface area contributed by atoms with Gasteiger partial charge in [-0.1, -0.05) is 6.92 Å². The fourth-order valence-electron chi connectivity index (χ4n) is 1.72. The largest absolute Gasteiger partial charge is 0.319 e. The first-order chi connectivity index (χ1) is 8.10. The molecular weight excluding hydrogens is 219 g/mol. The van der Waals surface area contributed by atoms with E-state index in [0.29, 0.717) is 12.2 Å². The van der Waals surface area contributed by atoms with E-state index in [1.54, 1.807) is 24.1 Å². The minimum absolute atomic E-state index is 0.0462. The van der Waals surface area contributed by atoms with Gasteiger partial charge in [-0.15, -0.1) is 0 Å². The van der Waals surface area contributed by atoms with Gasteiger partial charge in [0, 0.05) is 19.3 Å². The Morgan fingerprint density at radius 1 is 1.41 bits per heavy atom. The van der Waals surface area contributed by atoms with Crippen LogP contribution in [0.25, 0.3) is 0 Å². The zero-order chi connectivity index (χ0) is 12.8. The van der Waals surface area contributed by atoms with Crippen molar-refractivity contribution in [3.05, 3.63) is 30.1 Å². The molecule has 1 rings (SSSR count). The van der Waals surface area contributed by atoms with E-state index in [2.05, 4.69) is 5.32 Å². The number of benzene rings is 1. The fourth-order valence-corrected chi connectivity index (χ4v) is 1.72. The minimum atomic E-state index is -0.295. The van der Waals surface area contributed by atoms with E-state index in [1.165, 1.54) is 12.1 Å². The van der Waals surface area contributed by atoms with Crippen LogP contribution in [-0.2, 0) is 4.79 Å². The van der Waals surface area contributed by atoms with Gasteiger partial charge in [0.05, 0.1) is 5.92 Å². The van der Waals surface area contributed by atoms with Crippen LogP contribution in [0.5, 0.6) is 0 Å². The van der Waals surface area contributed by atoms with Gasteiger partial charge < -0.3 is 10.2 Å². The van der Waals surface area contributed by atoms with E-state index < -0.39 is 0 Å². The van der Waals surface area contributed by atoms with Crippen LogP contribution < -0.4 is 10.2 Å². The average Bonchev–Trinajstić information content (AvgIpc) is 2.35. The van der Waals surface area contributed by atoms with Gasteiger partial charge in [-0.25, -0.2) is 4.39 Å². The second-order valence-corrected chi connectivity index (χ2v) is 4.04. The molecule has 4 heteroatoms. The topological polar surface area (TPSA) is 32.3 Å². The fraction of sp³-hybridized carbons (Fsp3) is 0.462. The lowest BCUT2D eigenvalue weighted by molar-refractivity contribution is -0.122. The van der Waals surface area contributed by atoms with Crippen molar-refractivity contribution in [2.45, 2.75) is 13.3 Å². The van der Waals surface area contributed by atoms with Crippen LogP contribution >= 0.6 is 0 Å². The van der Waals surface area contributed by atoms with E-state index in [1.807, 2.05) is 14.0 Å². The third-order valence-corrected chi connectivity index (χ3v) is 2.84. The zero-order valence-corrected chi connectivity index (χ0v) is 10.5. The highest BCUT2D eigenvalue weighted by atomic mass is 19.1. The number of hydrogen-bond donors (Lipinski definition) is 1. The van der Waals surface area contributed by atoms with Crippen molar-refractivity contribution in [1.82, 2.24) is 5.32 Å². The molecular formula is C13H19FN2O. The summed E-state index contributed by atoms with van der Waals surface area (Å²) < 4.78 is 12.8. The Morgan fingerprint density at radius 3 is 2.47 bits per heavy atom. The third kappa shape index (κ3) is 3.53. The van der Waals surface area contributed by atoms with Crippen LogP contribution in [0.4, 0.5) is 10.1 Å². The van der Waals surface area contributed by atoms with Gasteiger partial charge >= 0.3 is 0 Å². The van der Waals surface area contributed by atoms with Crippen molar-refractivity contribution in [3.63, 3.8) is 0 Å². The van der Waals surface area contributed by atoms with Gasteiger partial charge in [0.25, 0.3) is 0 Å². The third-order valence-electron chi connectivity index (χ3n) is 2.84. The van der Waals surface area contributed by atoms with Crippen molar-refractivity contribution in [2.75, 3.05) is 25.5 Å². The number of halogens is 1. The molecule has 0 fully saturated rings. The summed E-state index contributed by atoms with van der Waals surface area (Å²) in [5.41, 5.74) is 0.714. The van der Waals surface area contributed by atoms with Gasteiger partial charge in [0.1, 0.15) is 5.82 Å². The standard InChI is InChI=1S/C13H19FN2O/c1-4-10(9-15-2)13(17)16(3)12-7-5-11(14)6-8-12/h5-8,10,15H,4,9H2,1-3H3. The smallest absolute Gasteiger partial charge is 0.231 e. The van der Waals surface area contributed by atoms with E-state index in [0.717, 1.165) is 6.42 Å². The molecule has 1 aromatic rings. The molecule has 0 radical (unpaired) electrons. The van der Waals surface area contributed by atoms with Gasteiger partial charge in [0.2, 0.25) is 5.91 Å². The van der Waals surface area contributed by atoms with Crippen molar-refractivity contribution in [3.8, 4) is 0 Å². The molecule has 94 valence electrons. The summed E-state index contributed by atoms with van der Waals surface area (Å²) in [4.78, 5) is 13.7. The Labute approximate surface area is 102 Å². The molecule has 1 amide bonds. The molecule has 0 aliphatic heterocycles. The summed E-state index contributed by atoms with van der Waals surface area (Å²) in [6.07, 6.45) is 0.783. The molecule has 0 aromatic heterocycles. The van der Waals surface area contributed by atoms with E-state index >= 15 is 0 Å². The predicted octanol–water partition coefficient (Wildman–Crippen LogP) is 2.03. The Hall–Kier alpha value is -1.42. The lowest BCUT2D eigenvalue weighted by Gasteiger charge is -2.23. The first-order valence-electron chi connectivity index (χ1n) is 5.77. The first-order valence-corrected chi connectivity index (χ1v) is 5.77. The van der Waals surface area contributed by atoms with Crippen LogP contribution in [0.3, 0.4) is 0 Å². The molecule has 3 nitrogen and oxygen atoms in total. The molecule has 0 spiro atoms. The molecule has 1 unspecified atom stereocenters. The van der Waals surface area contributed by atoms with Crippen molar-refractivity contribution < 1.29 is 9.18 Å². The van der Waals surface area contributed by atoms with Crippen LogP contribution in [-0.4, -0.2) is 26.5 Å². The summed E-state index contributed by atoms with van der Waals surface area (Å²) in [7, 11) is 3.54. The second kappa shape index (κ2) is 6.35. The molecule has 0 aliphatic carbocycles. The van der Waals surface area contributed by atoms with E-state index in [9.17, 15) is 9.18 Å². The van der Waals surface area contributed by atoms with Gasteiger partial charge in [-0.3, -0.25) is 4.79 Å². The lowest BCUT2D eigenvalue weighted by atomic mass is 10.0. The van der Waals surface area contributed by atoms with Gasteiger partial charge in [0.15, 0.2) is 0 Å². The Morgan fingerprint density at radius 2 is 2.00 bits per heavy atom. The summed E-state index contributed by atoms with van der Waals surface area (Å²) in [6, 6.07) is 5.94. The lowest BCUT2D eigenvalue weighted by Crippen LogP contribution is -2.37. The highest BCUT2D eigenvalue weighted by molar-refractivity contribution is 5.94. The maximum absolute atomic E-state index is 12.8. The molecule has 0 bridgehead atoms. The van der Waals surface area contributed by atoms with Crippen LogP contribution in [0.15, 0.2) is 24.3 Å². The monoisotopic (exact) mass is 238 g/mol. The molecule has 1 aromatic carbocycles. The van der Waals surface area contributed by atoms with Gasteiger partial charge in [-0.05, 0) is 37.7 Å². The SMILES string of the molecule is CCC(CNC)C(=O)N(C)c1ccc(F)cc1. The maximum atomic E-state index is 12.8. The molecule has 0 heterocycles. The average molecular weight is 238 g/mol. The second-order valence-electron chi connectivity index (χ2n) is 4.04. The molecule has 0 aliphatic rings. The minimum Gasteiger partial charge on any atom is -0.319 e. The number of carbonyl (C=O) groups excluding carboxylic acids is 1. The number of carbonyl (C=O) groups is 1. The van der Waals surface area contributed by atoms with Crippen molar-refractivity contribution in [1.29, 1.82) is 0 Å². The molecule has 1 atom stereocenters. The van der Waals surface area contributed by atoms with Crippen molar-refractivity contribution >= 4 is 11.6 Å². The number of rotatable bonds is 5. The zero-order valence-electron chi connectivity index (χ0n) is 10.5.